The van der Waals surface area contributed by atoms with E-state index < -0.39 is 12.4 Å². The molecule has 6 heteroatoms. The standard InChI is InChI=1S/C13H25N3O3/c1-14-6-4-11(5-7-14)15(2)8-9-16(3)12(17)10-13(18)19/h11H,4-10H2,1-3H3,(H,18,19). The van der Waals surface area contributed by atoms with Gasteiger partial charge in [0.05, 0.1) is 0 Å². The van der Waals surface area contributed by atoms with Crippen molar-refractivity contribution in [3.63, 3.8) is 0 Å². The summed E-state index contributed by atoms with van der Waals surface area (Å²) in [5.41, 5.74) is 0. The maximum atomic E-state index is 11.5. The first-order chi connectivity index (χ1) is 8.90. The maximum Gasteiger partial charge on any atom is 0.312 e. The van der Waals surface area contributed by atoms with Crippen LogP contribution in [-0.2, 0) is 9.59 Å². The van der Waals surface area contributed by atoms with Gasteiger partial charge in [-0.3, -0.25) is 9.59 Å². The van der Waals surface area contributed by atoms with Crippen LogP contribution >= 0.6 is 0 Å². The highest BCUT2D eigenvalue weighted by molar-refractivity contribution is 5.93. The number of carbonyl (C=O) groups is 2. The van der Waals surface area contributed by atoms with Crippen LogP contribution in [0.15, 0.2) is 0 Å². The summed E-state index contributed by atoms with van der Waals surface area (Å²) in [4.78, 5) is 28.1. The maximum absolute atomic E-state index is 11.5. The minimum atomic E-state index is -1.07. The highest BCUT2D eigenvalue weighted by atomic mass is 16.4. The fourth-order valence-electron chi connectivity index (χ4n) is 2.32. The molecule has 0 spiro atoms. The highest BCUT2D eigenvalue weighted by Crippen LogP contribution is 2.13. The number of aliphatic carboxylic acids is 1. The van der Waals surface area contributed by atoms with Crippen molar-refractivity contribution in [2.45, 2.75) is 25.3 Å². The predicted molar refractivity (Wildman–Crippen MR) is 73.0 cm³/mol. The van der Waals surface area contributed by atoms with Crippen LogP contribution in [0.4, 0.5) is 0 Å². The fourth-order valence-corrected chi connectivity index (χ4v) is 2.32. The van der Waals surface area contributed by atoms with E-state index in [2.05, 4.69) is 23.9 Å². The zero-order valence-electron chi connectivity index (χ0n) is 12.1. The lowest BCUT2D eigenvalue weighted by Gasteiger charge is -2.35. The Bertz CT molecular complexity index is 314. The average Bonchev–Trinajstić information content (AvgIpc) is 2.35. The molecule has 0 aromatic carbocycles. The van der Waals surface area contributed by atoms with E-state index in [0.29, 0.717) is 12.6 Å². The van der Waals surface area contributed by atoms with E-state index in [0.717, 1.165) is 32.5 Å². The molecule has 0 aliphatic carbocycles. The van der Waals surface area contributed by atoms with Gasteiger partial charge in [0.2, 0.25) is 5.91 Å². The topological polar surface area (TPSA) is 64.1 Å². The quantitative estimate of drug-likeness (QED) is 0.686. The van der Waals surface area contributed by atoms with Crippen LogP contribution in [0.5, 0.6) is 0 Å². The first-order valence-electron chi connectivity index (χ1n) is 6.74. The van der Waals surface area contributed by atoms with Crippen LogP contribution < -0.4 is 0 Å². The second-order valence-corrected chi connectivity index (χ2v) is 5.40. The predicted octanol–water partition coefficient (Wildman–Crippen LogP) is -0.0545. The normalized spacial score (nSPS) is 17.7. The molecule has 1 saturated heterocycles. The van der Waals surface area contributed by atoms with Crippen LogP contribution in [0.1, 0.15) is 19.3 Å². The summed E-state index contributed by atoms with van der Waals surface area (Å²) in [6, 6.07) is 0.569. The Morgan fingerprint density at radius 2 is 1.79 bits per heavy atom. The van der Waals surface area contributed by atoms with Crippen LogP contribution in [0, 0.1) is 0 Å². The third-order valence-corrected chi connectivity index (χ3v) is 3.83. The largest absolute Gasteiger partial charge is 0.481 e. The third-order valence-electron chi connectivity index (χ3n) is 3.83. The lowest BCUT2D eigenvalue weighted by atomic mass is 10.0. The van der Waals surface area contributed by atoms with Gasteiger partial charge in [-0.05, 0) is 40.0 Å². The van der Waals surface area contributed by atoms with Crippen LogP contribution in [0.25, 0.3) is 0 Å². The van der Waals surface area contributed by atoms with Gasteiger partial charge in [0.25, 0.3) is 0 Å². The van der Waals surface area contributed by atoms with Gasteiger partial charge in [-0.15, -0.1) is 0 Å². The second-order valence-electron chi connectivity index (χ2n) is 5.40. The molecule has 1 rings (SSSR count). The monoisotopic (exact) mass is 271 g/mol. The zero-order chi connectivity index (χ0) is 14.4. The fraction of sp³-hybridized carbons (Fsp3) is 0.846. The van der Waals surface area contributed by atoms with Gasteiger partial charge in [-0.25, -0.2) is 0 Å². The number of carboxylic acids is 1. The van der Waals surface area contributed by atoms with Crippen molar-refractivity contribution in [3.8, 4) is 0 Å². The van der Waals surface area contributed by atoms with E-state index >= 15 is 0 Å². The number of carbonyl (C=O) groups excluding carboxylic acids is 1. The Morgan fingerprint density at radius 3 is 2.32 bits per heavy atom. The molecule has 6 nitrogen and oxygen atoms in total. The molecular weight excluding hydrogens is 246 g/mol. The van der Waals surface area contributed by atoms with Gasteiger partial charge in [0.1, 0.15) is 6.42 Å². The van der Waals surface area contributed by atoms with Crippen LogP contribution in [0.2, 0.25) is 0 Å². The molecule has 0 aromatic rings. The summed E-state index contributed by atoms with van der Waals surface area (Å²) >= 11 is 0. The van der Waals surface area contributed by atoms with Gasteiger partial charge in [-0.2, -0.15) is 0 Å². The summed E-state index contributed by atoms with van der Waals surface area (Å²) in [7, 11) is 5.87. The number of hydrogen-bond acceptors (Lipinski definition) is 4. The number of likely N-dealkylation sites (tertiary alicyclic amines) is 1. The number of rotatable bonds is 6. The van der Waals surface area contributed by atoms with Crippen molar-refractivity contribution in [3.05, 3.63) is 0 Å². The first kappa shape index (κ1) is 15.9. The molecule has 1 aliphatic rings. The van der Waals surface area contributed by atoms with E-state index in [-0.39, 0.29) is 5.91 Å². The van der Waals surface area contributed by atoms with Crippen LogP contribution in [0.3, 0.4) is 0 Å². The number of nitrogens with zero attached hydrogens (tertiary/aromatic N) is 3. The summed E-state index contributed by atoms with van der Waals surface area (Å²) < 4.78 is 0. The van der Waals surface area contributed by atoms with Crippen molar-refractivity contribution >= 4 is 11.9 Å². The molecule has 0 saturated carbocycles. The van der Waals surface area contributed by atoms with Crippen molar-refractivity contribution in [1.82, 2.24) is 14.7 Å². The summed E-state index contributed by atoms with van der Waals surface area (Å²) in [5, 5.41) is 8.58. The van der Waals surface area contributed by atoms with E-state index in [9.17, 15) is 9.59 Å². The van der Waals surface area contributed by atoms with Gasteiger partial charge in [0, 0.05) is 26.2 Å². The van der Waals surface area contributed by atoms with Crippen molar-refractivity contribution < 1.29 is 14.7 Å². The Hall–Kier alpha value is -1.14. The molecule has 0 bridgehead atoms. The molecule has 1 N–H and O–H groups in total. The zero-order valence-corrected chi connectivity index (χ0v) is 12.1. The average molecular weight is 271 g/mol. The second kappa shape index (κ2) is 7.45. The lowest BCUT2D eigenvalue weighted by molar-refractivity contribution is -0.143. The van der Waals surface area contributed by atoms with Gasteiger partial charge < -0.3 is 19.8 Å². The first-order valence-corrected chi connectivity index (χ1v) is 6.74. The SMILES string of the molecule is CN1CCC(N(C)CCN(C)C(=O)CC(=O)O)CC1. The minimum Gasteiger partial charge on any atom is -0.481 e. The van der Waals surface area contributed by atoms with Crippen molar-refractivity contribution in [1.29, 1.82) is 0 Å². The Morgan fingerprint density at radius 1 is 1.21 bits per heavy atom. The van der Waals surface area contributed by atoms with Crippen molar-refractivity contribution in [2.75, 3.05) is 47.3 Å². The molecule has 0 aromatic heterocycles. The lowest BCUT2D eigenvalue weighted by Crippen LogP contribution is -2.44. The van der Waals surface area contributed by atoms with Crippen LogP contribution in [-0.4, -0.2) is 85.0 Å². The van der Waals surface area contributed by atoms with Gasteiger partial charge >= 0.3 is 5.97 Å². The molecule has 1 fully saturated rings. The molecule has 19 heavy (non-hydrogen) atoms. The number of piperidine rings is 1. The molecule has 0 unspecified atom stereocenters. The Balaban J connectivity index is 2.27. The number of hydrogen-bond donors (Lipinski definition) is 1. The van der Waals surface area contributed by atoms with E-state index in [4.69, 9.17) is 5.11 Å². The molecule has 1 aliphatic heterocycles. The molecule has 1 amide bonds. The molecule has 110 valence electrons. The molecule has 0 atom stereocenters. The van der Waals surface area contributed by atoms with Crippen molar-refractivity contribution in [2.24, 2.45) is 0 Å². The highest BCUT2D eigenvalue weighted by Gasteiger charge is 2.21. The smallest absolute Gasteiger partial charge is 0.312 e. The summed E-state index contributed by atoms with van der Waals surface area (Å²) in [6.07, 6.45) is 1.88. The van der Waals surface area contributed by atoms with Gasteiger partial charge in [-0.1, -0.05) is 0 Å². The van der Waals surface area contributed by atoms with E-state index in [1.807, 2.05) is 0 Å². The third kappa shape index (κ3) is 5.57. The summed E-state index contributed by atoms with van der Waals surface area (Å²) in [6.45, 7) is 3.59. The molecular formula is C13H25N3O3. The number of carboxylic acid groups (broad SMARTS) is 1. The number of amides is 1. The molecule has 1 heterocycles. The Labute approximate surface area is 115 Å². The van der Waals surface area contributed by atoms with E-state index in [1.54, 1.807) is 7.05 Å². The molecule has 0 radical (unpaired) electrons. The Kier molecular flexibility index (Phi) is 6.24. The van der Waals surface area contributed by atoms with E-state index in [1.165, 1.54) is 4.90 Å². The minimum absolute atomic E-state index is 0.329. The van der Waals surface area contributed by atoms with Gasteiger partial charge in [0.15, 0.2) is 0 Å². The number of likely N-dealkylation sites (N-methyl/N-ethyl adjacent to an activating group) is 2. The summed E-state index contributed by atoms with van der Waals surface area (Å²) in [5.74, 6) is -1.40.